The van der Waals surface area contributed by atoms with Gasteiger partial charge in [0.05, 0.1) is 5.69 Å². The van der Waals surface area contributed by atoms with Crippen molar-refractivity contribution in [3.05, 3.63) is 24.3 Å². The molecule has 1 fully saturated rings. The summed E-state index contributed by atoms with van der Waals surface area (Å²) in [5.74, 6) is 0.795. The summed E-state index contributed by atoms with van der Waals surface area (Å²) in [5, 5.41) is 3.64. The van der Waals surface area contributed by atoms with E-state index >= 15 is 0 Å². The highest BCUT2D eigenvalue weighted by atomic mass is 15.0. The van der Waals surface area contributed by atoms with Gasteiger partial charge in [-0.2, -0.15) is 0 Å². The molecule has 82 valence electrons. The molecule has 15 heavy (non-hydrogen) atoms. The Kier molecular flexibility index (Phi) is 3.31. The third kappa shape index (κ3) is 2.53. The molecule has 1 aliphatic carbocycles. The summed E-state index contributed by atoms with van der Waals surface area (Å²) in [4.78, 5) is 8.42. The fourth-order valence-electron chi connectivity index (χ4n) is 2.33. The largest absolute Gasteiger partial charge is 0.306 e. The number of hydrogen-bond donors (Lipinski definition) is 1. The first-order valence-electron chi connectivity index (χ1n) is 5.79. The van der Waals surface area contributed by atoms with E-state index in [1.54, 1.807) is 12.4 Å². The quantitative estimate of drug-likeness (QED) is 0.823. The lowest BCUT2D eigenvalue weighted by Crippen LogP contribution is -2.33. The summed E-state index contributed by atoms with van der Waals surface area (Å²) in [6, 6.07) is 0.964. The van der Waals surface area contributed by atoms with Gasteiger partial charge in [0, 0.05) is 30.7 Å². The van der Waals surface area contributed by atoms with Gasteiger partial charge in [-0.3, -0.25) is 9.97 Å². The van der Waals surface area contributed by atoms with Crippen molar-refractivity contribution < 1.29 is 0 Å². The molecule has 3 nitrogen and oxygen atoms in total. The monoisotopic (exact) mass is 205 g/mol. The first kappa shape index (κ1) is 10.6. The van der Waals surface area contributed by atoms with Crippen molar-refractivity contribution in [3.8, 4) is 0 Å². The van der Waals surface area contributed by atoms with Crippen LogP contribution in [0.3, 0.4) is 0 Å². The second-order valence-corrected chi connectivity index (χ2v) is 4.53. The van der Waals surface area contributed by atoms with Gasteiger partial charge in [0.15, 0.2) is 0 Å². The van der Waals surface area contributed by atoms with Crippen LogP contribution in [0, 0.1) is 5.92 Å². The minimum atomic E-state index is 0.309. The first-order chi connectivity index (χ1) is 7.27. The SMILES string of the molecule is CC(NC1CCCC1C)c1cnccn1. The molecule has 1 heterocycles. The van der Waals surface area contributed by atoms with Crippen LogP contribution in [0.25, 0.3) is 0 Å². The molecule has 1 aromatic heterocycles. The van der Waals surface area contributed by atoms with E-state index in [2.05, 4.69) is 29.1 Å². The van der Waals surface area contributed by atoms with E-state index in [4.69, 9.17) is 0 Å². The summed E-state index contributed by atoms with van der Waals surface area (Å²) in [6.07, 6.45) is 9.32. The molecule has 0 bridgehead atoms. The van der Waals surface area contributed by atoms with E-state index in [9.17, 15) is 0 Å². The second kappa shape index (κ2) is 4.71. The van der Waals surface area contributed by atoms with Gasteiger partial charge in [-0.15, -0.1) is 0 Å². The molecule has 0 amide bonds. The summed E-state index contributed by atoms with van der Waals surface area (Å²) in [7, 11) is 0. The minimum absolute atomic E-state index is 0.309. The van der Waals surface area contributed by atoms with Gasteiger partial charge in [-0.25, -0.2) is 0 Å². The van der Waals surface area contributed by atoms with Gasteiger partial charge < -0.3 is 5.32 Å². The van der Waals surface area contributed by atoms with Gasteiger partial charge in [-0.1, -0.05) is 13.3 Å². The van der Waals surface area contributed by atoms with Crippen LogP contribution in [0.4, 0.5) is 0 Å². The van der Waals surface area contributed by atoms with Gasteiger partial charge in [0.25, 0.3) is 0 Å². The molecule has 0 spiro atoms. The lowest BCUT2D eigenvalue weighted by atomic mass is 10.1. The van der Waals surface area contributed by atoms with Gasteiger partial charge in [-0.05, 0) is 25.7 Å². The molecule has 0 aromatic carbocycles. The molecule has 1 N–H and O–H groups in total. The van der Waals surface area contributed by atoms with Crippen molar-refractivity contribution >= 4 is 0 Å². The second-order valence-electron chi connectivity index (χ2n) is 4.53. The molecule has 2 rings (SSSR count). The predicted molar refractivity (Wildman–Crippen MR) is 60.4 cm³/mol. The highest BCUT2D eigenvalue weighted by molar-refractivity contribution is 5.01. The average Bonchev–Trinajstić information content (AvgIpc) is 2.66. The minimum Gasteiger partial charge on any atom is -0.306 e. The Bertz CT molecular complexity index is 299. The summed E-state index contributed by atoms with van der Waals surface area (Å²) >= 11 is 0. The van der Waals surface area contributed by atoms with Gasteiger partial charge in [0.2, 0.25) is 0 Å². The van der Waals surface area contributed by atoms with Crippen molar-refractivity contribution in [2.75, 3.05) is 0 Å². The topological polar surface area (TPSA) is 37.8 Å². The van der Waals surface area contributed by atoms with Gasteiger partial charge >= 0.3 is 0 Å². The molecule has 1 aliphatic rings. The number of hydrogen-bond acceptors (Lipinski definition) is 3. The number of aromatic nitrogens is 2. The van der Waals surface area contributed by atoms with Crippen LogP contribution < -0.4 is 5.32 Å². The highest BCUT2D eigenvalue weighted by Crippen LogP contribution is 2.26. The van der Waals surface area contributed by atoms with Crippen LogP contribution in [0.1, 0.15) is 44.8 Å². The van der Waals surface area contributed by atoms with E-state index in [0.717, 1.165) is 11.6 Å². The van der Waals surface area contributed by atoms with Crippen LogP contribution >= 0.6 is 0 Å². The fourth-order valence-corrected chi connectivity index (χ4v) is 2.33. The van der Waals surface area contributed by atoms with Crippen LogP contribution in [-0.4, -0.2) is 16.0 Å². The maximum absolute atomic E-state index is 4.32. The molecule has 3 unspecified atom stereocenters. The Morgan fingerprint density at radius 1 is 1.40 bits per heavy atom. The summed E-state index contributed by atoms with van der Waals surface area (Å²) < 4.78 is 0. The van der Waals surface area contributed by atoms with Crippen molar-refractivity contribution in [2.24, 2.45) is 5.92 Å². The van der Waals surface area contributed by atoms with Crippen LogP contribution in [0.5, 0.6) is 0 Å². The lowest BCUT2D eigenvalue weighted by Gasteiger charge is -2.22. The smallest absolute Gasteiger partial charge is 0.0753 e. The maximum atomic E-state index is 4.32. The molecule has 3 heteroatoms. The fraction of sp³-hybridized carbons (Fsp3) is 0.667. The third-order valence-corrected chi connectivity index (χ3v) is 3.35. The standard InChI is InChI=1S/C12H19N3/c1-9-4-3-5-11(9)15-10(2)12-8-13-6-7-14-12/h6-11,15H,3-5H2,1-2H3. The molecular formula is C12H19N3. The van der Waals surface area contributed by atoms with E-state index in [-0.39, 0.29) is 0 Å². The zero-order chi connectivity index (χ0) is 10.7. The Morgan fingerprint density at radius 3 is 2.87 bits per heavy atom. The van der Waals surface area contributed by atoms with Crippen molar-refractivity contribution in [1.82, 2.24) is 15.3 Å². The van der Waals surface area contributed by atoms with Crippen molar-refractivity contribution in [1.29, 1.82) is 0 Å². The van der Waals surface area contributed by atoms with Crippen LogP contribution in [0.2, 0.25) is 0 Å². The van der Waals surface area contributed by atoms with Crippen LogP contribution in [0.15, 0.2) is 18.6 Å². The molecule has 3 atom stereocenters. The van der Waals surface area contributed by atoms with E-state index in [1.165, 1.54) is 19.3 Å². The molecule has 0 saturated heterocycles. The van der Waals surface area contributed by atoms with E-state index in [1.807, 2.05) is 6.20 Å². The zero-order valence-electron chi connectivity index (χ0n) is 9.48. The lowest BCUT2D eigenvalue weighted by molar-refractivity contribution is 0.384. The normalized spacial score (nSPS) is 27.9. The Hall–Kier alpha value is -0.960. The summed E-state index contributed by atoms with van der Waals surface area (Å²) in [6.45, 7) is 4.49. The molecule has 1 saturated carbocycles. The molecular weight excluding hydrogens is 186 g/mol. The Balaban J connectivity index is 1.95. The third-order valence-electron chi connectivity index (χ3n) is 3.35. The van der Waals surface area contributed by atoms with Crippen molar-refractivity contribution in [2.45, 2.75) is 45.2 Å². The Morgan fingerprint density at radius 2 is 2.27 bits per heavy atom. The maximum Gasteiger partial charge on any atom is 0.0753 e. The molecule has 0 aliphatic heterocycles. The van der Waals surface area contributed by atoms with E-state index in [0.29, 0.717) is 12.1 Å². The number of rotatable bonds is 3. The van der Waals surface area contributed by atoms with Crippen molar-refractivity contribution in [3.63, 3.8) is 0 Å². The van der Waals surface area contributed by atoms with E-state index < -0.39 is 0 Å². The first-order valence-corrected chi connectivity index (χ1v) is 5.79. The van der Waals surface area contributed by atoms with Gasteiger partial charge in [0.1, 0.15) is 0 Å². The zero-order valence-corrected chi connectivity index (χ0v) is 9.48. The predicted octanol–water partition coefficient (Wildman–Crippen LogP) is 2.32. The summed E-state index contributed by atoms with van der Waals surface area (Å²) in [5.41, 5.74) is 1.04. The number of nitrogens with zero attached hydrogens (tertiary/aromatic N) is 2. The highest BCUT2D eigenvalue weighted by Gasteiger charge is 2.24. The average molecular weight is 205 g/mol. The number of nitrogens with one attached hydrogen (secondary N) is 1. The molecule has 0 radical (unpaired) electrons. The van der Waals surface area contributed by atoms with Crippen LogP contribution in [-0.2, 0) is 0 Å². The Labute approximate surface area is 91.3 Å². The molecule has 1 aromatic rings.